The molecule has 0 spiro atoms. The number of fused-ring (bicyclic) bond motifs is 2. The van der Waals surface area contributed by atoms with E-state index in [4.69, 9.17) is 4.98 Å². The van der Waals surface area contributed by atoms with Crippen molar-refractivity contribution < 1.29 is 4.39 Å². The number of imidazole rings is 1. The number of nitrogens with zero attached hydrogens (tertiary/aromatic N) is 2. The van der Waals surface area contributed by atoms with Gasteiger partial charge in [0, 0.05) is 19.3 Å². The van der Waals surface area contributed by atoms with Gasteiger partial charge in [0.1, 0.15) is 11.6 Å². The molecule has 3 aromatic rings. The van der Waals surface area contributed by atoms with E-state index in [0.29, 0.717) is 0 Å². The normalized spacial score (nSPS) is 17.2. The molecule has 20 heavy (non-hydrogen) atoms. The number of aryl methyl sites for hydroxylation is 1. The van der Waals surface area contributed by atoms with Crippen LogP contribution < -0.4 is 5.32 Å². The van der Waals surface area contributed by atoms with Crippen LogP contribution in [0, 0.1) is 5.82 Å². The fraction of sp³-hybridized carbons (Fsp3) is 0.188. The Hall–Kier alpha value is -2.36. The lowest BCUT2D eigenvalue weighted by Gasteiger charge is -2.10. The van der Waals surface area contributed by atoms with Crippen molar-refractivity contribution in [3.05, 3.63) is 59.7 Å². The molecular formula is C16H14FN3. The molecule has 0 bridgehead atoms. The second-order valence-electron chi connectivity index (χ2n) is 5.18. The van der Waals surface area contributed by atoms with Gasteiger partial charge in [-0.05, 0) is 29.8 Å². The van der Waals surface area contributed by atoms with Crippen molar-refractivity contribution in [3.8, 4) is 0 Å². The van der Waals surface area contributed by atoms with E-state index in [0.717, 1.165) is 29.1 Å². The van der Waals surface area contributed by atoms with Crippen molar-refractivity contribution in [2.45, 2.75) is 5.92 Å². The van der Waals surface area contributed by atoms with Crippen molar-refractivity contribution in [2.75, 3.05) is 11.9 Å². The summed E-state index contributed by atoms with van der Waals surface area (Å²) >= 11 is 0. The summed E-state index contributed by atoms with van der Waals surface area (Å²) in [5.41, 5.74) is 4.10. The largest absolute Gasteiger partial charge is 0.384 e. The smallest absolute Gasteiger partial charge is 0.125 e. The number of aromatic nitrogens is 2. The molecule has 1 unspecified atom stereocenters. The minimum absolute atomic E-state index is 0.215. The highest BCUT2D eigenvalue weighted by Crippen LogP contribution is 2.36. The summed E-state index contributed by atoms with van der Waals surface area (Å²) in [5.74, 6) is 0.965. The Morgan fingerprint density at radius 1 is 1.25 bits per heavy atom. The first kappa shape index (κ1) is 11.5. The molecule has 1 aliphatic rings. The molecule has 3 nitrogen and oxygen atoms in total. The molecule has 0 aliphatic carbocycles. The molecule has 1 N–H and O–H groups in total. The Kier molecular flexibility index (Phi) is 2.33. The van der Waals surface area contributed by atoms with Crippen LogP contribution in [0.15, 0.2) is 42.5 Å². The van der Waals surface area contributed by atoms with Crippen LogP contribution in [0.1, 0.15) is 17.3 Å². The second kappa shape index (κ2) is 4.07. The van der Waals surface area contributed by atoms with Crippen molar-refractivity contribution in [1.82, 2.24) is 9.55 Å². The summed E-state index contributed by atoms with van der Waals surface area (Å²) in [5, 5.41) is 3.40. The van der Waals surface area contributed by atoms with E-state index in [2.05, 4.69) is 17.4 Å². The third kappa shape index (κ3) is 1.54. The number of halogens is 1. The number of rotatable bonds is 1. The van der Waals surface area contributed by atoms with Crippen LogP contribution in [-0.4, -0.2) is 16.1 Å². The van der Waals surface area contributed by atoms with Gasteiger partial charge >= 0.3 is 0 Å². The van der Waals surface area contributed by atoms with Gasteiger partial charge < -0.3 is 9.88 Å². The quantitative estimate of drug-likeness (QED) is 0.733. The summed E-state index contributed by atoms with van der Waals surface area (Å²) in [6, 6.07) is 13.0. The fourth-order valence-corrected chi connectivity index (χ4v) is 3.01. The molecule has 4 rings (SSSR count). The van der Waals surface area contributed by atoms with Crippen molar-refractivity contribution >= 4 is 16.7 Å². The zero-order chi connectivity index (χ0) is 13.7. The van der Waals surface area contributed by atoms with E-state index in [1.165, 1.54) is 11.6 Å². The minimum atomic E-state index is -0.225. The van der Waals surface area contributed by atoms with Crippen LogP contribution in [0.2, 0.25) is 0 Å². The summed E-state index contributed by atoms with van der Waals surface area (Å²) in [7, 11) is 1.95. The number of anilines is 1. The van der Waals surface area contributed by atoms with E-state index in [9.17, 15) is 4.39 Å². The number of hydrogen-bond acceptors (Lipinski definition) is 2. The highest BCUT2D eigenvalue weighted by Gasteiger charge is 2.27. The molecule has 0 saturated carbocycles. The van der Waals surface area contributed by atoms with Gasteiger partial charge in [0.2, 0.25) is 0 Å². The molecule has 100 valence electrons. The summed E-state index contributed by atoms with van der Waals surface area (Å²) < 4.78 is 15.4. The number of hydrogen-bond donors (Lipinski definition) is 1. The first-order chi connectivity index (χ1) is 9.74. The monoisotopic (exact) mass is 267 g/mol. The molecule has 0 saturated heterocycles. The van der Waals surface area contributed by atoms with Crippen molar-refractivity contribution in [1.29, 1.82) is 0 Å². The maximum atomic E-state index is 13.4. The predicted molar refractivity (Wildman–Crippen MR) is 77.4 cm³/mol. The fourth-order valence-electron chi connectivity index (χ4n) is 3.01. The third-order valence-electron chi connectivity index (χ3n) is 4.02. The molecular weight excluding hydrogens is 253 g/mol. The molecule has 4 heteroatoms. The molecule has 2 aromatic carbocycles. The number of para-hydroxylation sites is 1. The predicted octanol–water partition coefficient (Wildman–Crippen LogP) is 3.27. The van der Waals surface area contributed by atoms with E-state index in [1.807, 2.05) is 23.7 Å². The molecule has 2 heterocycles. The topological polar surface area (TPSA) is 29.9 Å². The lowest BCUT2D eigenvalue weighted by atomic mass is 10.0. The van der Waals surface area contributed by atoms with Crippen LogP contribution >= 0.6 is 0 Å². The van der Waals surface area contributed by atoms with Gasteiger partial charge in [-0.15, -0.1) is 0 Å². The molecule has 1 aliphatic heterocycles. The zero-order valence-electron chi connectivity index (χ0n) is 11.1. The van der Waals surface area contributed by atoms with Gasteiger partial charge in [0.25, 0.3) is 0 Å². The summed E-state index contributed by atoms with van der Waals surface area (Å²) in [6.07, 6.45) is 0. The first-order valence-corrected chi connectivity index (χ1v) is 6.69. The Morgan fingerprint density at radius 2 is 2.10 bits per heavy atom. The van der Waals surface area contributed by atoms with Crippen LogP contribution in [0.25, 0.3) is 11.0 Å². The van der Waals surface area contributed by atoms with E-state index >= 15 is 0 Å². The lowest BCUT2D eigenvalue weighted by Crippen LogP contribution is -2.09. The maximum absolute atomic E-state index is 13.4. The Balaban J connectivity index is 1.90. The molecule has 0 radical (unpaired) electrons. The Morgan fingerprint density at radius 3 is 3.00 bits per heavy atom. The third-order valence-corrected chi connectivity index (χ3v) is 4.02. The van der Waals surface area contributed by atoms with Crippen LogP contribution in [0.3, 0.4) is 0 Å². The van der Waals surface area contributed by atoms with Crippen molar-refractivity contribution in [2.24, 2.45) is 7.05 Å². The standard InChI is InChI=1S/C16H14FN3/c1-20-15-8-10(17)6-7-14(15)19-16(20)12-9-18-13-5-3-2-4-11(12)13/h2-8,12,18H,9H2,1H3. The summed E-state index contributed by atoms with van der Waals surface area (Å²) in [4.78, 5) is 4.69. The highest BCUT2D eigenvalue weighted by molar-refractivity contribution is 5.76. The van der Waals surface area contributed by atoms with Gasteiger partial charge in [0.05, 0.1) is 17.0 Å². The average molecular weight is 267 g/mol. The molecule has 0 amide bonds. The molecule has 1 aromatic heterocycles. The van der Waals surface area contributed by atoms with E-state index in [-0.39, 0.29) is 11.7 Å². The number of nitrogens with one attached hydrogen (secondary N) is 1. The van der Waals surface area contributed by atoms with Gasteiger partial charge in [-0.3, -0.25) is 0 Å². The van der Waals surface area contributed by atoms with E-state index in [1.54, 1.807) is 12.1 Å². The van der Waals surface area contributed by atoms with Crippen LogP contribution in [-0.2, 0) is 7.05 Å². The summed E-state index contributed by atoms with van der Waals surface area (Å²) in [6.45, 7) is 0.832. The van der Waals surface area contributed by atoms with Gasteiger partial charge in [-0.2, -0.15) is 0 Å². The second-order valence-corrected chi connectivity index (χ2v) is 5.18. The minimum Gasteiger partial charge on any atom is -0.384 e. The van der Waals surface area contributed by atoms with Gasteiger partial charge in [0.15, 0.2) is 0 Å². The van der Waals surface area contributed by atoms with E-state index < -0.39 is 0 Å². The van der Waals surface area contributed by atoms with Gasteiger partial charge in [-0.1, -0.05) is 18.2 Å². The molecule has 1 atom stereocenters. The Labute approximate surface area is 116 Å². The van der Waals surface area contributed by atoms with Gasteiger partial charge in [-0.25, -0.2) is 9.37 Å². The first-order valence-electron chi connectivity index (χ1n) is 6.69. The SMILES string of the molecule is Cn1c(C2CNc3ccccc32)nc2ccc(F)cc21. The number of benzene rings is 2. The highest BCUT2D eigenvalue weighted by atomic mass is 19.1. The van der Waals surface area contributed by atoms with Crippen LogP contribution in [0.4, 0.5) is 10.1 Å². The lowest BCUT2D eigenvalue weighted by molar-refractivity contribution is 0.628. The zero-order valence-corrected chi connectivity index (χ0v) is 11.1. The average Bonchev–Trinajstić information content (AvgIpc) is 3.01. The maximum Gasteiger partial charge on any atom is 0.125 e. The Bertz CT molecular complexity index is 807. The molecule has 0 fully saturated rings. The van der Waals surface area contributed by atoms with Crippen molar-refractivity contribution in [3.63, 3.8) is 0 Å². The van der Waals surface area contributed by atoms with Crippen LogP contribution in [0.5, 0.6) is 0 Å².